The first-order valence-corrected chi connectivity index (χ1v) is 5.98. The fourth-order valence-corrected chi connectivity index (χ4v) is 1.42. The van der Waals surface area contributed by atoms with E-state index in [0.717, 1.165) is 25.9 Å². The van der Waals surface area contributed by atoms with Gasteiger partial charge in [-0.3, -0.25) is 0 Å². The lowest BCUT2D eigenvalue weighted by molar-refractivity contribution is 0.0974. The third-order valence-electron chi connectivity index (χ3n) is 2.20. The van der Waals surface area contributed by atoms with Gasteiger partial charge in [-0.05, 0) is 47.0 Å². The quantitative estimate of drug-likeness (QED) is 0.562. The number of ether oxygens (including phenoxy) is 1. The molecule has 1 atom stereocenters. The van der Waals surface area contributed by atoms with E-state index < -0.39 is 0 Å². The second-order valence-electron chi connectivity index (χ2n) is 4.41. The number of hydrogen-bond donors (Lipinski definition) is 0. The van der Waals surface area contributed by atoms with Crippen LogP contribution < -0.4 is 0 Å². The zero-order valence-corrected chi connectivity index (χ0v) is 11.0. The van der Waals surface area contributed by atoms with E-state index in [1.54, 1.807) is 0 Å². The van der Waals surface area contributed by atoms with Gasteiger partial charge in [0, 0.05) is 6.61 Å². The predicted octanol–water partition coefficient (Wildman–Crippen LogP) is 4.49. The minimum atomic E-state index is 0.261. The molecule has 0 spiro atoms. The van der Waals surface area contributed by atoms with Crippen molar-refractivity contribution in [1.29, 1.82) is 0 Å². The minimum absolute atomic E-state index is 0.261. The molecular formula is C14H26O. The van der Waals surface area contributed by atoms with Crippen molar-refractivity contribution in [3.05, 3.63) is 23.3 Å². The molecule has 0 aliphatic carbocycles. The first-order valence-electron chi connectivity index (χ1n) is 5.98. The maximum absolute atomic E-state index is 5.60. The molecule has 1 heteroatoms. The molecule has 0 N–H and O–H groups in total. The highest BCUT2D eigenvalue weighted by molar-refractivity contribution is 5.04. The van der Waals surface area contributed by atoms with Crippen molar-refractivity contribution in [2.75, 3.05) is 6.61 Å². The molecule has 0 rings (SSSR count). The third kappa shape index (κ3) is 9.74. The van der Waals surface area contributed by atoms with Gasteiger partial charge in [0.15, 0.2) is 0 Å². The van der Waals surface area contributed by atoms with Crippen LogP contribution in [-0.2, 0) is 4.74 Å². The molecule has 0 bridgehead atoms. The Bertz CT molecular complexity index is 209. The minimum Gasteiger partial charge on any atom is -0.374 e. The molecular weight excluding hydrogens is 184 g/mol. The van der Waals surface area contributed by atoms with Gasteiger partial charge in [0.1, 0.15) is 0 Å². The second-order valence-corrected chi connectivity index (χ2v) is 4.41. The van der Waals surface area contributed by atoms with E-state index >= 15 is 0 Å². The highest BCUT2D eigenvalue weighted by Gasteiger charge is 1.97. The van der Waals surface area contributed by atoms with Crippen LogP contribution in [0.15, 0.2) is 23.3 Å². The summed E-state index contributed by atoms with van der Waals surface area (Å²) < 4.78 is 5.60. The molecule has 0 fully saturated rings. The summed E-state index contributed by atoms with van der Waals surface area (Å²) in [7, 11) is 0. The number of hydrogen-bond acceptors (Lipinski definition) is 1. The van der Waals surface area contributed by atoms with Crippen LogP contribution in [0, 0.1) is 0 Å². The lowest BCUT2D eigenvalue weighted by Crippen LogP contribution is -2.05. The van der Waals surface area contributed by atoms with E-state index in [1.807, 2.05) is 0 Å². The summed E-state index contributed by atoms with van der Waals surface area (Å²) in [6.45, 7) is 11.6. The Morgan fingerprint density at radius 3 is 2.47 bits per heavy atom. The summed E-state index contributed by atoms with van der Waals surface area (Å²) >= 11 is 0. The Kier molecular flexibility index (Phi) is 8.40. The van der Waals surface area contributed by atoms with Gasteiger partial charge in [-0.1, -0.05) is 30.2 Å². The number of allylic oxidation sites excluding steroid dienone is 3. The van der Waals surface area contributed by atoms with Gasteiger partial charge in [-0.15, -0.1) is 0 Å². The summed E-state index contributed by atoms with van der Waals surface area (Å²) in [6.07, 6.45) is 8.16. The highest BCUT2D eigenvalue weighted by Crippen LogP contribution is 2.09. The van der Waals surface area contributed by atoms with Crippen LogP contribution >= 0.6 is 0 Å². The summed E-state index contributed by atoms with van der Waals surface area (Å²) in [4.78, 5) is 0. The molecule has 0 aromatic rings. The van der Waals surface area contributed by atoms with Gasteiger partial charge in [-0.25, -0.2) is 0 Å². The SMILES string of the molecule is CCCOC(C)/C=C(/C)CCC=C(C)C. The molecule has 88 valence electrons. The van der Waals surface area contributed by atoms with Gasteiger partial charge >= 0.3 is 0 Å². The molecule has 15 heavy (non-hydrogen) atoms. The van der Waals surface area contributed by atoms with Gasteiger partial charge < -0.3 is 4.74 Å². The molecule has 0 aromatic carbocycles. The van der Waals surface area contributed by atoms with E-state index in [1.165, 1.54) is 11.1 Å². The molecule has 0 aromatic heterocycles. The summed E-state index contributed by atoms with van der Waals surface area (Å²) in [6, 6.07) is 0. The van der Waals surface area contributed by atoms with Crippen molar-refractivity contribution in [3.63, 3.8) is 0 Å². The van der Waals surface area contributed by atoms with Crippen molar-refractivity contribution in [3.8, 4) is 0 Å². The fraction of sp³-hybridized carbons (Fsp3) is 0.714. The molecule has 0 saturated heterocycles. The lowest BCUT2D eigenvalue weighted by atomic mass is 10.1. The summed E-state index contributed by atoms with van der Waals surface area (Å²) in [5.74, 6) is 0. The summed E-state index contributed by atoms with van der Waals surface area (Å²) in [5, 5.41) is 0. The van der Waals surface area contributed by atoms with Crippen molar-refractivity contribution in [1.82, 2.24) is 0 Å². The van der Waals surface area contributed by atoms with Crippen LogP contribution in [0.4, 0.5) is 0 Å². The molecule has 1 unspecified atom stereocenters. The van der Waals surface area contributed by atoms with E-state index in [0.29, 0.717) is 0 Å². The van der Waals surface area contributed by atoms with E-state index in [4.69, 9.17) is 4.74 Å². The molecule has 1 nitrogen and oxygen atoms in total. The van der Waals surface area contributed by atoms with E-state index in [9.17, 15) is 0 Å². The molecule has 0 amide bonds. The van der Waals surface area contributed by atoms with Gasteiger partial charge in [0.2, 0.25) is 0 Å². The monoisotopic (exact) mass is 210 g/mol. The Balaban J connectivity index is 3.81. The van der Waals surface area contributed by atoms with Gasteiger partial charge in [0.25, 0.3) is 0 Å². The molecule has 0 aliphatic rings. The zero-order valence-electron chi connectivity index (χ0n) is 11.0. The second kappa shape index (κ2) is 8.72. The van der Waals surface area contributed by atoms with Crippen LogP contribution in [0.25, 0.3) is 0 Å². The third-order valence-corrected chi connectivity index (χ3v) is 2.20. The summed E-state index contributed by atoms with van der Waals surface area (Å²) in [5.41, 5.74) is 2.83. The average molecular weight is 210 g/mol. The Hall–Kier alpha value is -0.560. The Morgan fingerprint density at radius 1 is 1.27 bits per heavy atom. The molecule has 0 aliphatic heterocycles. The van der Waals surface area contributed by atoms with Crippen LogP contribution in [0.3, 0.4) is 0 Å². The topological polar surface area (TPSA) is 9.23 Å². The van der Waals surface area contributed by atoms with Crippen molar-refractivity contribution >= 4 is 0 Å². The standard InChI is InChI=1S/C14H26O/c1-6-10-15-14(5)11-13(4)9-7-8-12(2)3/h8,11,14H,6-7,9-10H2,1-5H3/b13-11-. The van der Waals surface area contributed by atoms with Gasteiger partial charge in [0.05, 0.1) is 6.10 Å². The molecule has 0 saturated carbocycles. The van der Waals surface area contributed by atoms with Crippen LogP contribution in [-0.4, -0.2) is 12.7 Å². The van der Waals surface area contributed by atoms with E-state index in [2.05, 4.69) is 46.8 Å². The van der Waals surface area contributed by atoms with Crippen molar-refractivity contribution in [2.24, 2.45) is 0 Å². The molecule has 0 radical (unpaired) electrons. The largest absolute Gasteiger partial charge is 0.374 e. The predicted molar refractivity (Wildman–Crippen MR) is 68.1 cm³/mol. The smallest absolute Gasteiger partial charge is 0.0730 e. The Labute approximate surface area is 95.2 Å². The number of rotatable bonds is 7. The average Bonchev–Trinajstić information content (AvgIpc) is 2.14. The molecule has 0 heterocycles. The van der Waals surface area contributed by atoms with Crippen LogP contribution in [0.5, 0.6) is 0 Å². The first kappa shape index (κ1) is 14.4. The maximum atomic E-state index is 5.60. The fourth-order valence-electron chi connectivity index (χ4n) is 1.42. The van der Waals surface area contributed by atoms with Crippen molar-refractivity contribution < 1.29 is 4.74 Å². The maximum Gasteiger partial charge on any atom is 0.0730 e. The first-order chi connectivity index (χ1) is 7.06. The zero-order chi connectivity index (χ0) is 11.7. The highest BCUT2D eigenvalue weighted by atomic mass is 16.5. The van der Waals surface area contributed by atoms with Crippen LogP contribution in [0.2, 0.25) is 0 Å². The van der Waals surface area contributed by atoms with E-state index in [-0.39, 0.29) is 6.10 Å². The normalized spacial score (nSPS) is 13.8. The van der Waals surface area contributed by atoms with Gasteiger partial charge in [-0.2, -0.15) is 0 Å². The van der Waals surface area contributed by atoms with Crippen molar-refractivity contribution in [2.45, 2.75) is 60.0 Å². The lowest BCUT2D eigenvalue weighted by Gasteiger charge is -2.09. The Morgan fingerprint density at radius 2 is 1.93 bits per heavy atom. The van der Waals surface area contributed by atoms with Crippen LogP contribution in [0.1, 0.15) is 53.9 Å².